The fourth-order valence-corrected chi connectivity index (χ4v) is 4.28. The van der Waals surface area contributed by atoms with E-state index in [1.807, 2.05) is 49.6 Å². The van der Waals surface area contributed by atoms with Gasteiger partial charge >= 0.3 is 0 Å². The topological polar surface area (TPSA) is 59.5 Å². The molecule has 0 bridgehead atoms. The molecular weight excluding hydrogens is 384 g/mol. The van der Waals surface area contributed by atoms with E-state index in [0.29, 0.717) is 27.7 Å². The van der Waals surface area contributed by atoms with Crippen molar-refractivity contribution in [2.75, 3.05) is 11.5 Å². The van der Waals surface area contributed by atoms with Crippen molar-refractivity contribution < 1.29 is 14.3 Å². The number of hydrogen-bond acceptors (Lipinski definition) is 5. The number of thiazole rings is 1. The van der Waals surface area contributed by atoms with Gasteiger partial charge in [0.05, 0.1) is 16.9 Å². The Morgan fingerprint density at radius 2 is 1.86 bits per heavy atom. The van der Waals surface area contributed by atoms with Crippen LogP contribution >= 0.6 is 11.3 Å². The van der Waals surface area contributed by atoms with E-state index in [1.54, 1.807) is 23.1 Å². The summed E-state index contributed by atoms with van der Waals surface area (Å²) in [6.45, 7) is 5.69. The zero-order valence-corrected chi connectivity index (χ0v) is 17.2. The highest BCUT2D eigenvalue weighted by Gasteiger charge is 2.24. The second-order valence-corrected chi connectivity index (χ2v) is 7.77. The largest absolute Gasteiger partial charge is 0.488 e. The second-order valence-electron chi connectivity index (χ2n) is 6.93. The van der Waals surface area contributed by atoms with Crippen molar-refractivity contribution in [2.24, 2.45) is 0 Å². The Labute approximate surface area is 173 Å². The summed E-state index contributed by atoms with van der Waals surface area (Å²) in [5.74, 6) is 0.438. The van der Waals surface area contributed by atoms with E-state index in [0.717, 1.165) is 16.8 Å². The number of carbonyl (C=O) groups excluding carboxylic acids is 2. The number of hydrogen-bond donors (Lipinski definition) is 0. The van der Waals surface area contributed by atoms with E-state index in [-0.39, 0.29) is 18.3 Å². The fraction of sp³-hybridized carbons (Fsp3) is 0.174. The number of fused-ring (bicyclic) bond motifs is 1. The predicted octanol–water partition coefficient (Wildman–Crippen LogP) is 5.10. The quantitative estimate of drug-likeness (QED) is 0.570. The lowest BCUT2D eigenvalue weighted by Gasteiger charge is -2.22. The molecule has 6 heteroatoms. The van der Waals surface area contributed by atoms with Gasteiger partial charge in [0.15, 0.2) is 10.9 Å². The maximum atomic E-state index is 12.7. The molecule has 0 saturated heterocycles. The van der Waals surface area contributed by atoms with Gasteiger partial charge in [0, 0.05) is 17.9 Å². The van der Waals surface area contributed by atoms with Crippen molar-refractivity contribution in [3.05, 3.63) is 75.8 Å². The van der Waals surface area contributed by atoms with Gasteiger partial charge in [-0.2, -0.15) is 0 Å². The number of carbonyl (C=O) groups is 2. The molecular formula is C23H20N2O3S. The van der Waals surface area contributed by atoms with Gasteiger partial charge in [-0.05, 0) is 43.2 Å². The Hall–Kier alpha value is -3.25. The lowest BCUT2D eigenvalue weighted by atomic mass is 10.00. The van der Waals surface area contributed by atoms with Gasteiger partial charge < -0.3 is 4.74 Å². The zero-order chi connectivity index (χ0) is 20.5. The standard InChI is InChI=1S/C23H20N2O3S/c1-14-7-6-8-15(2)21(14)25(16(3)26)23-24-18(13-29-23)11-17-12-28-20-10-5-4-9-19(20)22(17)27/h4-11,13H,12H2,1-3H3/b17-11-. The first-order chi connectivity index (χ1) is 14.0. The number of aryl methyl sites for hydroxylation is 2. The van der Waals surface area contributed by atoms with Crippen molar-refractivity contribution in [3.8, 4) is 5.75 Å². The molecule has 0 atom stereocenters. The molecule has 2 aromatic carbocycles. The van der Waals surface area contributed by atoms with Gasteiger partial charge in [-0.3, -0.25) is 14.5 Å². The predicted molar refractivity (Wildman–Crippen MR) is 115 cm³/mol. The monoisotopic (exact) mass is 404 g/mol. The van der Waals surface area contributed by atoms with Crippen molar-refractivity contribution >= 4 is 39.9 Å². The Kier molecular flexibility index (Phi) is 5.03. The fourth-order valence-electron chi connectivity index (χ4n) is 3.45. The first kappa shape index (κ1) is 19.1. The van der Waals surface area contributed by atoms with Gasteiger partial charge in [-0.15, -0.1) is 11.3 Å². The Balaban J connectivity index is 1.68. The molecule has 2 heterocycles. The summed E-state index contributed by atoms with van der Waals surface area (Å²) in [5.41, 5.74) is 4.59. The van der Waals surface area contributed by atoms with Crippen LogP contribution in [0.25, 0.3) is 6.08 Å². The van der Waals surface area contributed by atoms with Crippen LogP contribution < -0.4 is 9.64 Å². The molecule has 0 fully saturated rings. The van der Waals surface area contributed by atoms with Gasteiger partial charge in [0.1, 0.15) is 12.4 Å². The zero-order valence-electron chi connectivity index (χ0n) is 16.4. The molecule has 146 valence electrons. The number of Topliss-reactive ketones (excluding diaryl/α,β-unsaturated/α-hetero) is 1. The molecule has 4 rings (SSSR count). The summed E-state index contributed by atoms with van der Waals surface area (Å²) in [6, 6.07) is 13.1. The van der Waals surface area contributed by atoms with Crippen molar-refractivity contribution in [3.63, 3.8) is 0 Å². The maximum Gasteiger partial charge on any atom is 0.230 e. The molecule has 0 radical (unpaired) electrons. The molecule has 0 N–H and O–H groups in total. The number of aromatic nitrogens is 1. The Bertz CT molecular complexity index is 1130. The van der Waals surface area contributed by atoms with Crippen LogP contribution in [0.4, 0.5) is 10.8 Å². The van der Waals surface area contributed by atoms with Gasteiger partial charge in [0.25, 0.3) is 0 Å². The summed E-state index contributed by atoms with van der Waals surface area (Å²) >= 11 is 1.37. The minimum Gasteiger partial charge on any atom is -0.488 e. The molecule has 1 aliphatic rings. The molecule has 1 amide bonds. The number of ketones is 1. The highest BCUT2D eigenvalue weighted by Crippen LogP contribution is 2.34. The number of para-hydroxylation sites is 2. The third-order valence-electron chi connectivity index (χ3n) is 4.81. The third kappa shape index (κ3) is 3.59. The average Bonchev–Trinajstić information content (AvgIpc) is 3.15. The number of rotatable bonds is 3. The van der Waals surface area contributed by atoms with E-state index >= 15 is 0 Å². The summed E-state index contributed by atoms with van der Waals surface area (Å²) in [6.07, 6.45) is 1.74. The summed E-state index contributed by atoms with van der Waals surface area (Å²) in [4.78, 5) is 31.4. The molecule has 1 aromatic heterocycles. The number of benzene rings is 2. The van der Waals surface area contributed by atoms with Gasteiger partial charge in [-0.25, -0.2) is 4.98 Å². The van der Waals surface area contributed by atoms with Crippen molar-refractivity contribution in [2.45, 2.75) is 20.8 Å². The average molecular weight is 404 g/mol. The molecule has 5 nitrogen and oxygen atoms in total. The van der Waals surface area contributed by atoms with E-state index in [4.69, 9.17) is 4.74 Å². The van der Waals surface area contributed by atoms with Crippen LogP contribution in [0.1, 0.15) is 34.1 Å². The highest BCUT2D eigenvalue weighted by molar-refractivity contribution is 7.14. The van der Waals surface area contributed by atoms with E-state index in [2.05, 4.69) is 4.98 Å². The molecule has 0 aliphatic carbocycles. The summed E-state index contributed by atoms with van der Waals surface area (Å²) in [7, 11) is 0. The first-order valence-electron chi connectivity index (χ1n) is 9.25. The van der Waals surface area contributed by atoms with Crippen molar-refractivity contribution in [1.82, 2.24) is 4.98 Å². The van der Waals surface area contributed by atoms with Crippen LogP contribution in [0.5, 0.6) is 5.75 Å². The van der Waals surface area contributed by atoms with Crippen LogP contribution in [0, 0.1) is 13.8 Å². The first-order valence-corrected chi connectivity index (χ1v) is 10.1. The minimum absolute atomic E-state index is 0.0560. The van der Waals surface area contributed by atoms with Crippen LogP contribution in [0.15, 0.2) is 53.4 Å². The lowest BCUT2D eigenvalue weighted by Crippen LogP contribution is -2.24. The number of anilines is 2. The van der Waals surface area contributed by atoms with E-state index in [1.165, 1.54) is 18.3 Å². The molecule has 0 unspecified atom stereocenters. The molecule has 3 aromatic rings. The smallest absolute Gasteiger partial charge is 0.230 e. The van der Waals surface area contributed by atoms with Crippen LogP contribution in [0.2, 0.25) is 0 Å². The maximum absolute atomic E-state index is 12.7. The van der Waals surface area contributed by atoms with E-state index in [9.17, 15) is 9.59 Å². The normalized spacial score (nSPS) is 14.4. The number of amides is 1. The Morgan fingerprint density at radius 3 is 2.59 bits per heavy atom. The summed E-state index contributed by atoms with van der Waals surface area (Å²) in [5, 5.41) is 2.42. The lowest BCUT2D eigenvalue weighted by molar-refractivity contribution is -0.115. The van der Waals surface area contributed by atoms with E-state index < -0.39 is 0 Å². The van der Waals surface area contributed by atoms with Crippen LogP contribution in [-0.4, -0.2) is 23.3 Å². The minimum atomic E-state index is -0.109. The Morgan fingerprint density at radius 1 is 1.14 bits per heavy atom. The summed E-state index contributed by atoms with van der Waals surface area (Å²) < 4.78 is 5.69. The van der Waals surface area contributed by atoms with Crippen molar-refractivity contribution in [1.29, 1.82) is 0 Å². The molecule has 1 aliphatic heterocycles. The number of nitrogens with zero attached hydrogens (tertiary/aromatic N) is 2. The third-order valence-corrected chi connectivity index (χ3v) is 5.65. The molecule has 0 spiro atoms. The van der Waals surface area contributed by atoms with Gasteiger partial charge in [0.2, 0.25) is 5.91 Å². The van der Waals surface area contributed by atoms with Gasteiger partial charge in [-0.1, -0.05) is 30.3 Å². The second kappa shape index (κ2) is 7.64. The van der Waals surface area contributed by atoms with Crippen LogP contribution in [-0.2, 0) is 4.79 Å². The highest BCUT2D eigenvalue weighted by atomic mass is 32.1. The number of ether oxygens (including phenoxy) is 1. The SMILES string of the molecule is CC(=O)N(c1nc(/C=C2/COc3ccccc3C2=O)cs1)c1c(C)cccc1C. The van der Waals surface area contributed by atoms with Crippen LogP contribution in [0.3, 0.4) is 0 Å². The molecule has 29 heavy (non-hydrogen) atoms. The molecule has 0 saturated carbocycles.